The number of carbonyl (C=O) groups is 1. The highest BCUT2D eigenvalue weighted by Crippen LogP contribution is 2.33. The Labute approximate surface area is 137 Å². The van der Waals surface area contributed by atoms with Gasteiger partial charge in [0.25, 0.3) is 5.56 Å². The fourth-order valence-corrected chi connectivity index (χ4v) is 3.90. The van der Waals surface area contributed by atoms with Gasteiger partial charge in [-0.3, -0.25) is 4.79 Å². The van der Waals surface area contributed by atoms with Crippen molar-refractivity contribution in [2.45, 2.75) is 33.2 Å². The van der Waals surface area contributed by atoms with Gasteiger partial charge in [-0.15, -0.1) is 11.3 Å². The highest BCUT2D eigenvalue weighted by molar-refractivity contribution is 7.26. The summed E-state index contributed by atoms with van der Waals surface area (Å²) in [7, 11) is 0. The number of thiophene rings is 1. The Hall–Kier alpha value is -2.21. The van der Waals surface area contributed by atoms with Gasteiger partial charge in [-0.05, 0) is 26.3 Å². The zero-order valence-corrected chi connectivity index (χ0v) is 14.1. The van der Waals surface area contributed by atoms with Gasteiger partial charge in [-0.25, -0.2) is 9.48 Å². The third-order valence-electron chi connectivity index (χ3n) is 3.84. The number of hydrogen-bond donors (Lipinski definition) is 0. The summed E-state index contributed by atoms with van der Waals surface area (Å²) in [5.74, 6) is -0.414. The zero-order chi connectivity index (χ0) is 16.6. The largest absolute Gasteiger partial charge is 0.464 e. The predicted molar refractivity (Wildman–Crippen MR) is 92.1 cm³/mol. The number of benzene rings is 1. The van der Waals surface area contributed by atoms with Crippen LogP contribution in [0.25, 0.3) is 20.2 Å². The van der Waals surface area contributed by atoms with Crippen LogP contribution in [0.15, 0.2) is 29.1 Å². The van der Waals surface area contributed by atoms with E-state index in [0.717, 1.165) is 20.5 Å². The summed E-state index contributed by atoms with van der Waals surface area (Å²) in [5.41, 5.74) is 0.520. The minimum Gasteiger partial charge on any atom is -0.464 e. The molecule has 0 spiro atoms. The number of rotatable bonds is 4. The van der Waals surface area contributed by atoms with E-state index in [4.69, 9.17) is 4.74 Å². The minimum absolute atomic E-state index is 0.233. The first-order valence-corrected chi connectivity index (χ1v) is 8.47. The van der Waals surface area contributed by atoms with Crippen LogP contribution in [0, 0.1) is 6.92 Å². The third-order valence-corrected chi connectivity index (χ3v) is 5.12. The number of hydrogen-bond acceptors (Lipinski definition) is 5. The van der Waals surface area contributed by atoms with Gasteiger partial charge in [0.15, 0.2) is 6.04 Å². The molecule has 0 saturated carbocycles. The Morgan fingerprint density at radius 1 is 1.35 bits per heavy atom. The minimum atomic E-state index is -0.691. The summed E-state index contributed by atoms with van der Waals surface area (Å²) in [6.07, 6.45) is 0.457. The summed E-state index contributed by atoms with van der Waals surface area (Å²) in [6.45, 7) is 5.75. The fraction of sp³-hybridized carbons (Fsp3) is 0.353. The maximum atomic E-state index is 13.0. The summed E-state index contributed by atoms with van der Waals surface area (Å²) < 4.78 is 8.30. The van der Waals surface area contributed by atoms with Crippen LogP contribution in [-0.2, 0) is 9.53 Å². The molecule has 0 aliphatic carbocycles. The van der Waals surface area contributed by atoms with Crippen molar-refractivity contribution in [2.24, 2.45) is 0 Å². The van der Waals surface area contributed by atoms with E-state index in [1.165, 1.54) is 4.68 Å². The van der Waals surface area contributed by atoms with E-state index in [1.807, 2.05) is 38.1 Å². The number of aromatic nitrogens is 2. The average Bonchev–Trinajstić information content (AvgIpc) is 2.93. The molecule has 2 aromatic heterocycles. The molecular weight excluding hydrogens is 312 g/mol. The van der Waals surface area contributed by atoms with E-state index in [1.54, 1.807) is 18.3 Å². The van der Waals surface area contributed by atoms with Gasteiger partial charge in [-0.1, -0.05) is 25.1 Å². The van der Waals surface area contributed by atoms with Gasteiger partial charge in [0.1, 0.15) is 0 Å². The number of carbonyl (C=O) groups excluding carboxylic acids is 1. The van der Waals surface area contributed by atoms with E-state index >= 15 is 0 Å². The Balaban J connectivity index is 2.30. The molecule has 0 radical (unpaired) electrons. The van der Waals surface area contributed by atoms with Crippen LogP contribution in [-0.4, -0.2) is 22.4 Å². The van der Waals surface area contributed by atoms with Crippen molar-refractivity contribution in [3.05, 3.63) is 40.3 Å². The van der Waals surface area contributed by atoms with Crippen LogP contribution in [0.5, 0.6) is 0 Å². The normalized spacial score (nSPS) is 12.7. The molecule has 6 heteroatoms. The molecule has 1 atom stereocenters. The molecule has 0 N–H and O–H groups in total. The highest BCUT2D eigenvalue weighted by atomic mass is 32.1. The molecule has 0 saturated heterocycles. The van der Waals surface area contributed by atoms with Gasteiger partial charge >= 0.3 is 5.97 Å². The predicted octanol–water partition coefficient (Wildman–Crippen LogP) is 3.43. The summed E-state index contributed by atoms with van der Waals surface area (Å²) >= 11 is 1.56. The van der Waals surface area contributed by atoms with Crippen molar-refractivity contribution in [3.8, 4) is 0 Å². The summed E-state index contributed by atoms with van der Waals surface area (Å²) in [6, 6.07) is 7.10. The van der Waals surface area contributed by atoms with Crippen molar-refractivity contribution >= 4 is 37.5 Å². The van der Waals surface area contributed by atoms with Gasteiger partial charge in [0, 0.05) is 10.1 Å². The molecule has 0 aliphatic heterocycles. The van der Waals surface area contributed by atoms with E-state index in [9.17, 15) is 9.59 Å². The lowest BCUT2D eigenvalue weighted by molar-refractivity contribution is -0.147. The van der Waals surface area contributed by atoms with Crippen LogP contribution >= 0.6 is 11.3 Å². The van der Waals surface area contributed by atoms with Crippen LogP contribution in [0.4, 0.5) is 0 Å². The topological polar surface area (TPSA) is 61.2 Å². The molecule has 5 nitrogen and oxygen atoms in total. The SMILES string of the molecule is CCOC(=O)C(CC)n1nc(C)c2sc3ccccc3c2c1=O. The van der Waals surface area contributed by atoms with E-state index in [0.29, 0.717) is 11.8 Å². The van der Waals surface area contributed by atoms with E-state index in [2.05, 4.69) is 5.10 Å². The van der Waals surface area contributed by atoms with Crippen molar-refractivity contribution < 1.29 is 9.53 Å². The highest BCUT2D eigenvalue weighted by Gasteiger charge is 2.25. The molecule has 0 amide bonds. The molecule has 3 rings (SSSR count). The lowest BCUT2D eigenvalue weighted by Crippen LogP contribution is -2.33. The zero-order valence-electron chi connectivity index (χ0n) is 13.3. The number of nitrogens with zero attached hydrogens (tertiary/aromatic N) is 2. The summed E-state index contributed by atoms with van der Waals surface area (Å²) in [4.78, 5) is 25.1. The first-order valence-electron chi connectivity index (χ1n) is 7.65. The molecule has 1 aromatic carbocycles. The molecule has 120 valence electrons. The van der Waals surface area contributed by atoms with Gasteiger partial charge in [0.05, 0.1) is 22.4 Å². The van der Waals surface area contributed by atoms with Crippen LogP contribution in [0.1, 0.15) is 32.0 Å². The molecule has 3 aromatic rings. The summed E-state index contributed by atoms with van der Waals surface area (Å²) in [5, 5.41) is 5.94. The van der Waals surface area contributed by atoms with Crippen molar-refractivity contribution in [1.29, 1.82) is 0 Å². The quantitative estimate of drug-likeness (QED) is 0.688. The molecule has 1 unspecified atom stereocenters. The molecule has 0 aliphatic rings. The second-order valence-corrected chi connectivity index (χ2v) is 6.37. The van der Waals surface area contributed by atoms with E-state index < -0.39 is 12.0 Å². The first kappa shape index (κ1) is 15.7. The smallest absolute Gasteiger partial charge is 0.331 e. The van der Waals surface area contributed by atoms with Gasteiger partial charge in [0.2, 0.25) is 0 Å². The Bertz CT molecular complexity index is 942. The number of fused-ring (bicyclic) bond motifs is 3. The molecule has 0 bridgehead atoms. The fourth-order valence-electron chi connectivity index (χ4n) is 2.77. The van der Waals surface area contributed by atoms with Crippen molar-refractivity contribution in [2.75, 3.05) is 6.61 Å². The third kappa shape index (κ3) is 2.53. The Kier molecular flexibility index (Phi) is 4.17. The first-order chi connectivity index (χ1) is 11.1. The Morgan fingerprint density at radius 3 is 2.78 bits per heavy atom. The Morgan fingerprint density at radius 2 is 2.09 bits per heavy atom. The molecule has 2 heterocycles. The number of esters is 1. The average molecular weight is 330 g/mol. The maximum absolute atomic E-state index is 13.0. The lowest BCUT2D eigenvalue weighted by Gasteiger charge is -2.16. The number of aryl methyl sites for hydroxylation is 1. The second-order valence-electron chi connectivity index (χ2n) is 5.31. The second kappa shape index (κ2) is 6.12. The van der Waals surface area contributed by atoms with Crippen molar-refractivity contribution in [1.82, 2.24) is 9.78 Å². The molecule has 23 heavy (non-hydrogen) atoms. The monoisotopic (exact) mass is 330 g/mol. The molecular formula is C17H18N2O3S. The van der Waals surface area contributed by atoms with Crippen LogP contribution in [0.3, 0.4) is 0 Å². The molecule has 0 fully saturated rings. The lowest BCUT2D eigenvalue weighted by atomic mass is 10.1. The van der Waals surface area contributed by atoms with Crippen molar-refractivity contribution in [3.63, 3.8) is 0 Å². The van der Waals surface area contributed by atoms with Gasteiger partial charge in [-0.2, -0.15) is 5.10 Å². The van der Waals surface area contributed by atoms with E-state index in [-0.39, 0.29) is 12.2 Å². The van der Waals surface area contributed by atoms with Crippen LogP contribution in [0.2, 0.25) is 0 Å². The maximum Gasteiger partial charge on any atom is 0.331 e. The van der Waals surface area contributed by atoms with Gasteiger partial charge < -0.3 is 4.74 Å². The van der Waals surface area contributed by atoms with Crippen LogP contribution < -0.4 is 5.56 Å². The number of ether oxygens (including phenoxy) is 1. The standard InChI is InChI=1S/C17H18N2O3S/c1-4-12(17(21)22-5-2)19-16(20)14-11-8-6-7-9-13(11)23-15(14)10(3)18-19/h6-9,12H,4-5H2,1-3H3.